The third-order valence-corrected chi connectivity index (χ3v) is 11.5. The first-order valence-corrected chi connectivity index (χ1v) is 25.2. The highest BCUT2D eigenvalue weighted by Crippen LogP contribution is 2.47. The molecule has 0 bridgehead atoms. The van der Waals surface area contributed by atoms with E-state index in [1.807, 2.05) is 12.2 Å². The molecule has 1 aliphatic rings. The minimum absolute atomic E-state index is 0.0144. The lowest BCUT2D eigenvalue weighted by atomic mass is 9.85. The molecule has 0 heterocycles. The van der Waals surface area contributed by atoms with E-state index in [9.17, 15) is 44.6 Å². The van der Waals surface area contributed by atoms with Crippen LogP contribution in [0.5, 0.6) is 0 Å². The number of phosphoric ester groups is 1. The smallest absolute Gasteiger partial charge is 0.462 e. The Kier molecular flexibility index (Phi) is 35.7. The summed E-state index contributed by atoms with van der Waals surface area (Å²) in [5, 5.41) is 50.2. The van der Waals surface area contributed by atoms with E-state index in [1.54, 1.807) is 0 Å². The highest BCUT2D eigenvalue weighted by Gasteiger charge is 2.51. The number of allylic oxidation sites excluding steroid dienone is 12. The number of esters is 2. The van der Waals surface area contributed by atoms with Crippen LogP contribution in [0.3, 0.4) is 0 Å². The van der Waals surface area contributed by atoms with Gasteiger partial charge in [-0.05, 0) is 77.0 Å². The lowest BCUT2D eigenvalue weighted by Crippen LogP contribution is -2.64. The van der Waals surface area contributed by atoms with E-state index in [1.165, 1.54) is 57.8 Å². The van der Waals surface area contributed by atoms with Gasteiger partial charge in [0, 0.05) is 12.8 Å². The van der Waals surface area contributed by atoms with Crippen LogP contribution < -0.4 is 0 Å². The minimum atomic E-state index is -5.14. The molecule has 6 unspecified atom stereocenters. The van der Waals surface area contributed by atoms with Gasteiger partial charge in [0.2, 0.25) is 0 Å². The van der Waals surface area contributed by atoms with E-state index in [4.69, 9.17) is 18.5 Å². The van der Waals surface area contributed by atoms with Gasteiger partial charge in [0.25, 0.3) is 0 Å². The van der Waals surface area contributed by atoms with Crippen molar-refractivity contribution in [2.24, 2.45) is 0 Å². The second-order valence-electron chi connectivity index (χ2n) is 16.2. The topological polar surface area (TPSA) is 210 Å². The molecule has 63 heavy (non-hydrogen) atoms. The zero-order chi connectivity index (χ0) is 46.4. The van der Waals surface area contributed by atoms with E-state index < -0.39 is 75.7 Å². The Hall–Kier alpha value is -2.71. The molecule has 1 saturated carbocycles. The van der Waals surface area contributed by atoms with Gasteiger partial charge in [0.1, 0.15) is 43.2 Å². The van der Waals surface area contributed by atoms with Crippen molar-refractivity contribution in [1.82, 2.24) is 0 Å². The van der Waals surface area contributed by atoms with Gasteiger partial charge in [0.05, 0.1) is 6.61 Å². The Bertz CT molecular complexity index is 1380. The molecule has 1 fully saturated rings. The molecule has 0 aromatic heterocycles. The van der Waals surface area contributed by atoms with Gasteiger partial charge < -0.3 is 39.9 Å². The highest BCUT2D eigenvalue weighted by molar-refractivity contribution is 7.47. The van der Waals surface area contributed by atoms with Crippen LogP contribution in [0.4, 0.5) is 0 Å². The predicted octanol–water partition coefficient (Wildman–Crippen LogP) is 9.50. The minimum Gasteiger partial charge on any atom is -0.462 e. The molecule has 362 valence electrons. The zero-order valence-corrected chi connectivity index (χ0v) is 39.2. The van der Waals surface area contributed by atoms with Crippen LogP contribution >= 0.6 is 7.82 Å². The summed E-state index contributed by atoms with van der Waals surface area (Å²) in [6, 6.07) is 0. The molecular weight excluding hydrogens is 828 g/mol. The SMILES string of the molecule is CC/C=C/C/C=C/C/C=C/C/C=C/C/C=C/CCCC(=O)O[C@@H](COC(=O)CCCCCCCCC/C=C/CCCCCCCC)COP(=O)(O)OC1C(O)C(O)C(O)[C@H](O)C1O. The average molecular weight is 911 g/mol. The van der Waals surface area contributed by atoms with Crippen molar-refractivity contribution in [3.8, 4) is 0 Å². The van der Waals surface area contributed by atoms with Gasteiger partial charge in [0.15, 0.2) is 6.10 Å². The number of aliphatic hydroxyl groups excluding tert-OH is 5. The van der Waals surface area contributed by atoms with E-state index in [2.05, 4.69) is 74.6 Å². The molecule has 0 spiro atoms. The van der Waals surface area contributed by atoms with Gasteiger partial charge in [-0.3, -0.25) is 18.6 Å². The van der Waals surface area contributed by atoms with Crippen molar-refractivity contribution < 1.29 is 63.1 Å². The fourth-order valence-electron chi connectivity index (χ4n) is 6.73. The van der Waals surface area contributed by atoms with Crippen molar-refractivity contribution in [2.75, 3.05) is 13.2 Å². The van der Waals surface area contributed by atoms with Crippen LogP contribution in [0.2, 0.25) is 0 Å². The van der Waals surface area contributed by atoms with Crippen molar-refractivity contribution in [3.05, 3.63) is 72.9 Å². The van der Waals surface area contributed by atoms with Gasteiger partial charge in [-0.1, -0.05) is 151 Å². The molecule has 1 rings (SSSR count). The molecule has 13 nitrogen and oxygen atoms in total. The number of ether oxygens (including phenoxy) is 2. The Morgan fingerprint density at radius 3 is 1.44 bits per heavy atom. The van der Waals surface area contributed by atoms with E-state index in [0.717, 1.165) is 64.2 Å². The third kappa shape index (κ3) is 31.0. The number of rotatable bonds is 38. The number of carbonyl (C=O) groups is 2. The number of carbonyl (C=O) groups excluding carboxylic acids is 2. The van der Waals surface area contributed by atoms with Gasteiger partial charge >= 0.3 is 19.8 Å². The first kappa shape index (κ1) is 58.3. The maximum Gasteiger partial charge on any atom is 0.472 e. The summed E-state index contributed by atoms with van der Waals surface area (Å²) in [7, 11) is -5.14. The molecule has 0 aliphatic heterocycles. The molecule has 1 aliphatic carbocycles. The Morgan fingerprint density at radius 2 is 0.921 bits per heavy atom. The molecule has 0 aromatic rings. The molecular formula is C49H83O13P. The molecule has 0 radical (unpaired) electrons. The maximum atomic E-state index is 12.8. The Morgan fingerprint density at radius 1 is 0.508 bits per heavy atom. The predicted molar refractivity (Wildman–Crippen MR) is 249 cm³/mol. The zero-order valence-electron chi connectivity index (χ0n) is 38.3. The Balaban J connectivity index is 2.49. The van der Waals surface area contributed by atoms with Crippen LogP contribution in [0, 0.1) is 0 Å². The van der Waals surface area contributed by atoms with Crippen LogP contribution in [0.15, 0.2) is 72.9 Å². The monoisotopic (exact) mass is 911 g/mol. The van der Waals surface area contributed by atoms with Crippen molar-refractivity contribution in [1.29, 1.82) is 0 Å². The van der Waals surface area contributed by atoms with Crippen LogP contribution in [0.1, 0.15) is 168 Å². The van der Waals surface area contributed by atoms with Gasteiger partial charge in [-0.15, -0.1) is 0 Å². The number of hydrogen-bond donors (Lipinski definition) is 6. The standard InChI is InChI=1S/C49H83O13P/c1-3-5-7-9-11-13-15-17-19-21-23-25-27-29-31-33-35-37-42(50)59-39-41(40-60-63(57,58)62-49-47(55)45(53)44(52)46(54)48(49)56)61-43(51)38-36-34-32-30-28-26-24-22-20-18-16-14-12-10-8-6-4-2/h6,8,12,14,17-20,24,26,30,32,41,44-49,52-56H,3-5,7,9-11,13,15-16,21-23,25,27-29,31,33-40H2,1-2H3,(H,57,58)/b8-6+,14-12+,19-17+,20-18+,26-24+,32-30+/t41-,44?,45-,46?,47?,48?,49?/m0/s1. The first-order chi connectivity index (χ1) is 30.4. The molecule has 6 N–H and O–H groups in total. The summed E-state index contributed by atoms with van der Waals surface area (Å²) in [5.74, 6) is -1.18. The summed E-state index contributed by atoms with van der Waals surface area (Å²) < 4.78 is 33.5. The summed E-state index contributed by atoms with van der Waals surface area (Å²) in [4.78, 5) is 35.7. The maximum absolute atomic E-state index is 12.8. The lowest BCUT2D eigenvalue weighted by molar-refractivity contribution is -0.220. The first-order valence-electron chi connectivity index (χ1n) is 23.7. The lowest BCUT2D eigenvalue weighted by Gasteiger charge is -2.41. The second-order valence-corrected chi connectivity index (χ2v) is 17.6. The molecule has 14 heteroatoms. The fourth-order valence-corrected chi connectivity index (χ4v) is 7.70. The summed E-state index contributed by atoms with van der Waals surface area (Å²) in [6.07, 6.45) is 35.3. The van der Waals surface area contributed by atoms with Crippen molar-refractivity contribution in [3.63, 3.8) is 0 Å². The largest absolute Gasteiger partial charge is 0.472 e. The number of phosphoric acid groups is 1. The van der Waals surface area contributed by atoms with Gasteiger partial charge in [-0.25, -0.2) is 4.57 Å². The number of hydrogen-bond acceptors (Lipinski definition) is 12. The average Bonchev–Trinajstić information content (AvgIpc) is 3.26. The second kappa shape index (κ2) is 38.5. The fraction of sp³-hybridized carbons (Fsp3) is 0.714. The summed E-state index contributed by atoms with van der Waals surface area (Å²) in [6.45, 7) is 3.13. The third-order valence-electron chi connectivity index (χ3n) is 10.5. The number of aliphatic hydroxyl groups is 5. The van der Waals surface area contributed by atoms with Crippen molar-refractivity contribution >= 4 is 19.8 Å². The van der Waals surface area contributed by atoms with Crippen LogP contribution in [-0.4, -0.2) is 98.3 Å². The molecule has 8 atom stereocenters. The summed E-state index contributed by atoms with van der Waals surface area (Å²) in [5.41, 5.74) is 0. The van der Waals surface area contributed by atoms with Crippen molar-refractivity contribution in [2.45, 2.75) is 211 Å². The molecule has 0 aromatic carbocycles. The van der Waals surface area contributed by atoms with Gasteiger partial charge in [-0.2, -0.15) is 0 Å². The Labute approximate surface area is 378 Å². The molecule has 0 amide bonds. The quantitative estimate of drug-likeness (QED) is 0.0148. The van der Waals surface area contributed by atoms with Crippen LogP contribution in [0.25, 0.3) is 0 Å². The molecule has 0 saturated heterocycles. The van der Waals surface area contributed by atoms with E-state index in [-0.39, 0.29) is 12.8 Å². The van der Waals surface area contributed by atoms with Crippen LogP contribution in [-0.2, 0) is 32.7 Å². The summed E-state index contributed by atoms with van der Waals surface area (Å²) >= 11 is 0. The number of unbranched alkanes of at least 4 members (excludes halogenated alkanes) is 14. The van der Waals surface area contributed by atoms with E-state index >= 15 is 0 Å². The normalized spacial score (nSPS) is 22.3. The highest BCUT2D eigenvalue weighted by atomic mass is 31.2. The van der Waals surface area contributed by atoms with E-state index in [0.29, 0.717) is 19.3 Å².